The number of anilines is 1. The van der Waals surface area contributed by atoms with Crippen molar-refractivity contribution in [3.63, 3.8) is 0 Å². The smallest absolute Gasteiger partial charge is 0.435 e. The summed E-state index contributed by atoms with van der Waals surface area (Å²) in [6.07, 6.45) is 3.48. The fourth-order valence-electron chi connectivity index (χ4n) is 3.54. The first-order valence-electron chi connectivity index (χ1n) is 12.1. The molecule has 1 aromatic carbocycles. The van der Waals surface area contributed by atoms with Crippen LogP contribution in [0.2, 0.25) is 0 Å². The third-order valence-corrected chi connectivity index (χ3v) is 5.29. The van der Waals surface area contributed by atoms with E-state index in [2.05, 4.69) is 47.2 Å². The van der Waals surface area contributed by atoms with Crippen LogP contribution in [-0.4, -0.2) is 46.4 Å². The molecular formula is C28H22F2N8O2. The number of pyridine rings is 1. The van der Waals surface area contributed by atoms with Crippen molar-refractivity contribution in [3.8, 4) is 23.4 Å². The van der Waals surface area contributed by atoms with Gasteiger partial charge in [-0.15, -0.1) is 5.10 Å². The first kappa shape index (κ1) is 26.3. The molecule has 0 fully saturated rings. The number of ether oxygens (including phenoxy) is 1. The van der Waals surface area contributed by atoms with Gasteiger partial charge in [0.15, 0.2) is 5.82 Å². The zero-order chi connectivity index (χ0) is 28.3. The lowest BCUT2D eigenvalue weighted by Gasteiger charge is -2.19. The first-order chi connectivity index (χ1) is 19.1. The van der Waals surface area contributed by atoms with Gasteiger partial charge >= 0.3 is 6.09 Å². The summed E-state index contributed by atoms with van der Waals surface area (Å²) in [6.45, 7) is 5.45. The molecule has 0 saturated heterocycles. The second-order valence-corrected chi connectivity index (χ2v) is 9.52. The van der Waals surface area contributed by atoms with Crippen molar-refractivity contribution in [1.82, 2.24) is 34.7 Å². The van der Waals surface area contributed by atoms with Crippen molar-refractivity contribution in [2.24, 2.45) is 0 Å². The van der Waals surface area contributed by atoms with Gasteiger partial charge in [-0.3, -0.25) is 4.98 Å². The fraction of sp³-hybridized carbons (Fsp3) is 0.179. The Kier molecular flexibility index (Phi) is 7.11. The fourth-order valence-corrected chi connectivity index (χ4v) is 3.54. The molecule has 12 heteroatoms. The van der Waals surface area contributed by atoms with Crippen LogP contribution < -0.4 is 5.32 Å². The number of nitrogens with one attached hydrogen (secondary N) is 1. The molecule has 0 aliphatic carbocycles. The van der Waals surface area contributed by atoms with E-state index >= 15 is 0 Å². The van der Waals surface area contributed by atoms with E-state index in [0.29, 0.717) is 41.0 Å². The molecule has 0 saturated carbocycles. The van der Waals surface area contributed by atoms with Crippen LogP contribution in [0.5, 0.6) is 0 Å². The summed E-state index contributed by atoms with van der Waals surface area (Å²) in [5.41, 5.74) is 1.52. The topological polar surface area (TPSA) is 121 Å². The van der Waals surface area contributed by atoms with Crippen LogP contribution in [0.1, 0.15) is 37.7 Å². The molecule has 0 spiro atoms. The van der Waals surface area contributed by atoms with E-state index in [4.69, 9.17) is 4.74 Å². The normalized spacial score (nSPS) is 11.1. The quantitative estimate of drug-likeness (QED) is 0.322. The van der Waals surface area contributed by atoms with Crippen LogP contribution in [0.25, 0.3) is 22.4 Å². The van der Waals surface area contributed by atoms with Gasteiger partial charge in [0.25, 0.3) is 0 Å². The summed E-state index contributed by atoms with van der Waals surface area (Å²) in [5.74, 6) is 5.33. The largest absolute Gasteiger partial charge is 0.442 e. The highest BCUT2D eigenvalue weighted by Gasteiger charge is 2.22. The lowest BCUT2D eigenvalue weighted by atomic mass is 10.1. The molecule has 0 aliphatic rings. The summed E-state index contributed by atoms with van der Waals surface area (Å²) >= 11 is 0. The van der Waals surface area contributed by atoms with Gasteiger partial charge < -0.3 is 10.1 Å². The highest BCUT2D eigenvalue weighted by atomic mass is 19.1. The Morgan fingerprint density at radius 3 is 2.60 bits per heavy atom. The molecule has 5 rings (SSSR count). The molecule has 4 heterocycles. The van der Waals surface area contributed by atoms with Crippen LogP contribution in [0.4, 0.5) is 19.5 Å². The van der Waals surface area contributed by atoms with Crippen LogP contribution >= 0.6 is 0 Å². The van der Waals surface area contributed by atoms with Gasteiger partial charge in [-0.05, 0) is 69.2 Å². The van der Waals surface area contributed by atoms with Crippen molar-refractivity contribution in [2.45, 2.75) is 32.9 Å². The van der Waals surface area contributed by atoms with Gasteiger partial charge in [0, 0.05) is 18.0 Å². The lowest BCUT2D eigenvalue weighted by molar-refractivity contribution is 0.0519. The maximum absolute atomic E-state index is 14.5. The number of carbonyl (C=O) groups excluding carboxylic acids is 1. The highest BCUT2D eigenvalue weighted by Crippen LogP contribution is 2.21. The predicted octanol–water partition coefficient (Wildman–Crippen LogP) is 4.75. The van der Waals surface area contributed by atoms with Crippen molar-refractivity contribution in [1.29, 1.82) is 0 Å². The second kappa shape index (κ2) is 10.8. The minimum Gasteiger partial charge on any atom is -0.442 e. The number of hydrogen-bond acceptors (Lipinski definition) is 9. The molecule has 5 aromatic rings. The zero-order valence-electron chi connectivity index (χ0n) is 21.7. The van der Waals surface area contributed by atoms with Crippen LogP contribution in [0.15, 0.2) is 61.1 Å². The Hall–Kier alpha value is -5.31. The monoisotopic (exact) mass is 540 g/mol. The molecule has 0 unspecified atom stereocenters. The van der Waals surface area contributed by atoms with E-state index in [-0.39, 0.29) is 10.9 Å². The SMILES string of the molecule is CC(C)(C)OC(=O)n1nc(F)c2cc(C#Cc3ccnc(-c4ccnc(NCc5ccc(F)cn5)n4)n3)ccc21. The number of carbonyl (C=O) groups is 1. The van der Waals surface area contributed by atoms with Gasteiger partial charge in [-0.2, -0.15) is 9.07 Å². The molecular weight excluding hydrogens is 518 g/mol. The zero-order valence-corrected chi connectivity index (χ0v) is 21.7. The third-order valence-electron chi connectivity index (χ3n) is 5.29. The summed E-state index contributed by atoms with van der Waals surface area (Å²) in [5, 5.41) is 6.86. The van der Waals surface area contributed by atoms with Crippen molar-refractivity contribution in [2.75, 3.05) is 5.32 Å². The molecule has 1 N–H and O–H groups in total. The molecule has 0 aliphatic heterocycles. The van der Waals surface area contributed by atoms with Crippen molar-refractivity contribution < 1.29 is 18.3 Å². The van der Waals surface area contributed by atoms with Gasteiger partial charge in [-0.1, -0.05) is 5.92 Å². The van der Waals surface area contributed by atoms with Crippen LogP contribution in [0.3, 0.4) is 0 Å². The van der Waals surface area contributed by atoms with E-state index in [1.165, 1.54) is 12.1 Å². The number of hydrogen-bond donors (Lipinski definition) is 1. The molecule has 0 radical (unpaired) electrons. The standard InChI is InChI=1S/C28H22F2N8O2/c1-28(2,3)40-27(39)38-23-9-5-17(14-21(23)24(30)37-38)4-7-19-10-12-31-25(35-19)22-11-13-32-26(36-22)34-16-20-8-6-18(29)15-33-20/h5-6,8-15H,16H2,1-3H3,(H,32,34,36). The average molecular weight is 541 g/mol. The number of halogens is 2. The maximum Gasteiger partial charge on any atom is 0.435 e. The van der Waals surface area contributed by atoms with E-state index in [1.807, 2.05) is 0 Å². The van der Waals surface area contributed by atoms with Crippen molar-refractivity contribution >= 4 is 22.9 Å². The van der Waals surface area contributed by atoms with Crippen molar-refractivity contribution in [3.05, 3.63) is 89.8 Å². The van der Waals surface area contributed by atoms with Gasteiger partial charge in [0.1, 0.15) is 22.8 Å². The van der Waals surface area contributed by atoms with Gasteiger partial charge in [0.05, 0.1) is 29.3 Å². The Morgan fingerprint density at radius 2 is 1.82 bits per heavy atom. The Bertz CT molecular complexity index is 1770. The molecule has 0 atom stereocenters. The Labute approximate surface area is 227 Å². The minimum absolute atomic E-state index is 0.137. The number of benzene rings is 1. The number of fused-ring (bicyclic) bond motifs is 1. The third kappa shape index (κ3) is 6.21. The number of nitrogens with zero attached hydrogens (tertiary/aromatic N) is 7. The summed E-state index contributed by atoms with van der Waals surface area (Å²) in [4.78, 5) is 33.8. The highest BCUT2D eigenvalue weighted by molar-refractivity contribution is 5.89. The summed E-state index contributed by atoms with van der Waals surface area (Å²) < 4.78 is 33.8. The van der Waals surface area contributed by atoms with Gasteiger partial charge in [0.2, 0.25) is 11.9 Å². The number of aromatic nitrogens is 7. The maximum atomic E-state index is 14.5. The Morgan fingerprint density at radius 1 is 1.00 bits per heavy atom. The molecule has 10 nitrogen and oxygen atoms in total. The second-order valence-electron chi connectivity index (χ2n) is 9.52. The van der Waals surface area contributed by atoms with Crippen LogP contribution in [0, 0.1) is 23.6 Å². The molecule has 0 bridgehead atoms. The van der Waals surface area contributed by atoms with E-state index in [9.17, 15) is 13.6 Å². The van der Waals surface area contributed by atoms with Gasteiger partial charge in [-0.25, -0.2) is 29.1 Å². The van der Waals surface area contributed by atoms with E-state index in [1.54, 1.807) is 63.5 Å². The first-order valence-corrected chi connectivity index (χ1v) is 12.1. The molecule has 4 aromatic heterocycles. The Balaban J connectivity index is 1.34. The average Bonchev–Trinajstić information content (AvgIpc) is 3.27. The molecule has 0 amide bonds. The lowest BCUT2D eigenvalue weighted by Crippen LogP contribution is -2.27. The predicted molar refractivity (Wildman–Crippen MR) is 142 cm³/mol. The van der Waals surface area contributed by atoms with Crippen LogP contribution in [-0.2, 0) is 11.3 Å². The molecule has 40 heavy (non-hydrogen) atoms. The van der Waals surface area contributed by atoms with E-state index in [0.717, 1.165) is 10.9 Å². The summed E-state index contributed by atoms with van der Waals surface area (Å²) in [7, 11) is 0. The summed E-state index contributed by atoms with van der Waals surface area (Å²) in [6, 6.07) is 10.9. The van der Waals surface area contributed by atoms with E-state index < -0.39 is 23.5 Å². The number of rotatable bonds is 4. The molecule has 200 valence electrons. The minimum atomic E-state index is -0.808.